The molecule has 0 bridgehead atoms. The highest BCUT2D eigenvalue weighted by Crippen LogP contribution is 2.33. The predicted molar refractivity (Wildman–Crippen MR) is 58.0 cm³/mol. The van der Waals surface area contributed by atoms with E-state index < -0.39 is 16.1 Å². The lowest BCUT2D eigenvalue weighted by molar-refractivity contribution is 0.0637. The zero-order valence-electron chi connectivity index (χ0n) is 9.09. The molecule has 2 aliphatic carbocycles. The summed E-state index contributed by atoms with van der Waals surface area (Å²) in [6.45, 7) is 0. The highest BCUT2D eigenvalue weighted by molar-refractivity contribution is 7.90. The molecule has 0 aromatic heterocycles. The molecule has 0 radical (unpaired) electrons. The molecular formula is C10H19NO3S. The van der Waals surface area contributed by atoms with E-state index in [9.17, 15) is 13.5 Å². The quantitative estimate of drug-likeness (QED) is 0.781. The van der Waals surface area contributed by atoms with Crippen LogP contribution in [0.5, 0.6) is 0 Å². The molecule has 0 amide bonds. The molecule has 2 fully saturated rings. The summed E-state index contributed by atoms with van der Waals surface area (Å²) < 4.78 is 25.3. The van der Waals surface area contributed by atoms with Crippen LogP contribution in [0.15, 0.2) is 0 Å². The van der Waals surface area contributed by atoms with Crippen molar-refractivity contribution in [3.8, 4) is 0 Å². The maximum absolute atomic E-state index is 12.0. The number of likely N-dealkylation sites (N-methyl/N-ethyl adjacent to an activating group) is 1. The van der Waals surface area contributed by atoms with Gasteiger partial charge in [-0.2, -0.15) is 4.31 Å². The lowest BCUT2D eigenvalue weighted by Crippen LogP contribution is -2.47. The van der Waals surface area contributed by atoms with Crippen molar-refractivity contribution < 1.29 is 13.5 Å². The Labute approximate surface area is 91.3 Å². The van der Waals surface area contributed by atoms with Gasteiger partial charge in [0.1, 0.15) is 0 Å². The van der Waals surface area contributed by atoms with Gasteiger partial charge in [-0.25, -0.2) is 8.42 Å². The molecule has 4 nitrogen and oxygen atoms in total. The van der Waals surface area contributed by atoms with Crippen molar-refractivity contribution in [2.75, 3.05) is 7.05 Å². The minimum absolute atomic E-state index is 0.170. The van der Waals surface area contributed by atoms with Crippen LogP contribution in [-0.4, -0.2) is 42.3 Å². The first-order valence-electron chi connectivity index (χ1n) is 5.68. The van der Waals surface area contributed by atoms with Crippen LogP contribution in [0.2, 0.25) is 0 Å². The number of aliphatic hydroxyl groups is 1. The summed E-state index contributed by atoms with van der Waals surface area (Å²) in [4.78, 5) is 0. The van der Waals surface area contributed by atoms with Crippen LogP contribution in [0, 0.1) is 0 Å². The van der Waals surface area contributed by atoms with Gasteiger partial charge in [0, 0.05) is 7.05 Å². The third kappa shape index (κ3) is 2.19. The second-order valence-corrected chi connectivity index (χ2v) is 6.95. The molecule has 0 aromatic rings. The first kappa shape index (κ1) is 11.4. The highest BCUT2D eigenvalue weighted by Gasteiger charge is 2.42. The van der Waals surface area contributed by atoms with Crippen LogP contribution in [0.25, 0.3) is 0 Å². The number of sulfonamides is 1. The summed E-state index contributed by atoms with van der Waals surface area (Å²) in [5, 5.41) is 9.63. The summed E-state index contributed by atoms with van der Waals surface area (Å²) in [6, 6.07) is -0.190. The normalized spacial score (nSPS) is 33.3. The third-order valence-corrected chi connectivity index (χ3v) is 5.90. The lowest BCUT2D eigenvalue weighted by atomic mass is 9.93. The molecular weight excluding hydrogens is 214 g/mol. The first-order valence-corrected chi connectivity index (χ1v) is 7.18. The van der Waals surface area contributed by atoms with Gasteiger partial charge in [-0.3, -0.25) is 0 Å². The average molecular weight is 233 g/mol. The third-order valence-electron chi connectivity index (χ3n) is 3.51. The van der Waals surface area contributed by atoms with Crippen molar-refractivity contribution in [1.82, 2.24) is 4.31 Å². The zero-order valence-corrected chi connectivity index (χ0v) is 9.91. The summed E-state index contributed by atoms with van der Waals surface area (Å²) >= 11 is 0. The summed E-state index contributed by atoms with van der Waals surface area (Å²) in [7, 11) is -1.51. The standard InChI is InChI=1S/C10H19NO3S/c1-11(15(13,14)8-6-7-8)9-4-2-3-5-10(9)12/h8-10,12H,2-7H2,1H3. The SMILES string of the molecule is CN(C1CCCCC1O)S(=O)(=O)C1CC1. The van der Waals surface area contributed by atoms with Crippen LogP contribution in [0.3, 0.4) is 0 Å². The van der Waals surface area contributed by atoms with Crippen molar-refractivity contribution in [3.63, 3.8) is 0 Å². The summed E-state index contributed by atoms with van der Waals surface area (Å²) in [6.07, 6.45) is 4.66. The molecule has 2 unspecified atom stereocenters. The highest BCUT2D eigenvalue weighted by atomic mass is 32.2. The topological polar surface area (TPSA) is 57.6 Å². The van der Waals surface area contributed by atoms with E-state index in [2.05, 4.69) is 0 Å². The molecule has 5 heteroatoms. The fraction of sp³-hybridized carbons (Fsp3) is 1.00. The number of hydrogen-bond acceptors (Lipinski definition) is 3. The molecule has 2 rings (SSSR count). The van der Waals surface area contributed by atoms with Gasteiger partial charge in [-0.1, -0.05) is 12.8 Å². The van der Waals surface area contributed by atoms with Gasteiger partial charge in [0.15, 0.2) is 0 Å². The van der Waals surface area contributed by atoms with Gasteiger partial charge in [-0.15, -0.1) is 0 Å². The van der Waals surface area contributed by atoms with E-state index >= 15 is 0 Å². The van der Waals surface area contributed by atoms with Crippen LogP contribution < -0.4 is 0 Å². The van der Waals surface area contributed by atoms with Crippen LogP contribution in [0.1, 0.15) is 38.5 Å². The maximum atomic E-state index is 12.0. The fourth-order valence-electron chi connectivity index (χ4n) is 2.31. The largest absolute Gasteiger partial charge is 0.391 e. The van der Waals surface area contributed by atoms with E-state index in [1.807, 2.05) is 0 Å². The van der Waals surface area contributed by atoms with Crippen LogP contribution in [-0.2, 0) is 10.0 Å². The Morgan fingerprint density at radius 1 is 1.13 bits per heavy atom. The predicted octanol–water partition coefficient (Wildman–Crippen LogP) is 0.714. The number of hydrogen-bond donors (Lipinski definition) is 1. The molecule has 2 saturated carbocycles. The smallest absolute Gasteiger partial charge is 0.217 e. The van der Waals surface area contributed by atoms with E-state index in [-0.39, 0.29) is 11.3 Å². The fourth-order valence-corrected chi connectivity index (χ4v) is 4.13. The minimum atomic E-state index is -3.12. The number of aliphatic hydroxyl groups excluding tert-OH is 1. The van der Waals surface area contributed by atoms with Crippen molar-refractivity contribution in [2.45, 2.75) is 55.9 Å². The van der Waals surface area contributed by atoms with E-state index in [1.165, 1.54) is 4.31 Å². The van der Waals surface area contributed by atoms with E-state index in [1.54, 1.807) is 7.05 Å². The Balaban J connectivity index is 2.08. The van der Waals surface area contributed by atoms with Gasteiger partial charge in [0.05, 0.1) is 17.4 Å². The van der Waals surface area contributed by atoms with Crippen LogP contribution in [0.4, 0.5) is 0 Å². The molecule has 2 atom stereocenters. The second kappa shape index (κ2) is 4.03. The minimum Gasteiger partial charge on any atom is -0.391 e. The molecule has 15 heavy (non-hydrogen) atoms. The first-order chi connectivity index (χ1) is 7.03. The number of rotatable bonds is 3. The van der Waals surface area contributed by atoms with Crippen molar-refractivity contribution in [3.05, 3.63) is 0 Å². The Bertz CT molecular complexity index is 324. The Morgan fingerprint density at radius 2 is 1.73 bits per heavy atom. The molecule has 0 aromatic carbocycles. The molecule has 1 N–H and O–H groups in total. The van der Waals surface area contributed by atoms with Gasteiger partial charge >= 0.3 is 0 Å². The average Bonchev–Trinajstić information content (AvgIpc) is 3.00. The van der Waals surface area contributed by atoms with Gasteiger partial charge in [0.25, 0.3) is 0 Å². The van der Waals surface area contributed by atoms with E-state index in [0.29, 0.717) is 0 Å². The molecule has 0 heterocycles. The monoisotopic (exact) mass is 233 g/mol. The lowest BCUT2D eigenvalue weighted by Gasteiger charge is -2.34. The van der Waals surface area contributed by atoms with Gasteiger partial charge in [0.2, 0.25) is 10.0 Å². The summed E-state index contributed by atoms with van der Waals surface area (Å²) in [5.74, 6) is 0. The zero-order chi connectivity index (χ0) is 11.1. The molecule has 2 aliphatic rings. The Morgan fingerprint density at radius 3 is 2.27 bits per heavy atom. The van der Waals surface area contributed by atoms with Crippen molar-refractivity contribution in [2.24, 2.45) is 0 Å². The Kier molecular flexibility index (Phi) is 3.05. The van der Waals surface area contributed by atoms with Gasteiger partial charge < -0.3 is 5.11 Å². The van der Waals surface area contributed by atoms with Crippen molar-refractivity contribution in [1.29, 1.82) is 0 Å². The Hall–Kier alpha value is -0.130. The van der Waals surface area contributed by atoms with E-state index in [4.69, 9.17) is 0 Å². The van der Waals surface area contributed by atoms with Gasteiger partial charge in [-0.05, 0) is 25.7 Å². The maximum Gasteiger partial charge on any atom is 0.217 e. The number of nitrogens with zero attached hydrogens (tertiary/aromatic N) is 1. The van der Waals surface area contributed by atoms with Crippen LogP contribution >= 0.6 is 0 Å². The second-order valence-electron chi connectivity index (χ2n) is 4.68. The van der Waals surface area contributed by atoms with E-state index in [0.717, 1.165) is 38.5 Å². The summed E-state index contributed by atoms with van der Waals surface area (Å²) in [5.41, 5.74) is 0. The molecule has 0 saturated heterocycles. The molecule has 88 valence electrons. The molecule has 0 spiro atoms. The van der Waals surface area contributed by atoms with Crippen molar-refractivity contribution >= 4 is 10.0 Å². The molecule has 0 aliphatic heterocycles.